The summed E-state index contributed by atoms with van der Waals surface area (Å²) in [5, 5.41) is 22.6. The van der Waals surface area contributed by atoms with E-state index in [1.807, 2.05) is 31.2 Å². The molecule has 19 heavy (non-hydrogen) atoms. The van der Waals surface area contributed by atoms with Crippen molar-refractivity contribution in [2.24, 2.45) is 0 Å². The quantitative estimate of drug-likeness (QED) is 0.607. The number of aryl methyl sites for hydroxylation is 1. The molecule has 1 aromatic carbocycles. The van der Waals surface area contributed by atoms with Crippen molar-refractivity contribution in [2.45, 2.75) is 26.0 Å². The van der Waals surface area contributed by atoms with Gasteiger partial charge in [-0.1, -0.05) is 29.8 Å². The number of carboxylic acid groups (broad SMARTS) is 1. The van der Waals surface area contributed by atoms with Gasteiger partial charge < -0.3 is 20.8 Å². The molecule has 0 saturated heterocycles. The van der Waals surface area contributed by atoms with Gasteiger partial charge >= 0.3 is 12.0 Å². The summed E-state index contributed by atoms with van der Waals surface area (Å²) in [5.41, 5.74) is 2.10. The number of urea groups is 1. The molecule has 0 saturated carbocycles. The number of aliphatic hydroxyl groups is 1. The normalized spacial score (nSPS) is 11.7. The standard InChI is InChI=1S/C13H18N2O4/c1-9-3-2-4-10(7-9)8-15-13(19)14-6-5-11(16)12(17)18/h2-4,7,11,16H,5-6,8H2,1H3,(H,17,18)(H2,14,15,19). The predicted octanol–water partition coefficient (Wildman–Crippen LogP) is 0.630. The van der Waals surface area contributed by atoms with Crippen LogP contribution in [0.3, 0.4) is 0 Å². The fourth-order valence-corrected chi connectivity index (χ4v) is 1.51. The molecule has 6 heteroatoms. The molecule has 0 bridgehead atoms. The molecule has 1 aromatic rings. The maximum atomic E-state index is 11.4. The SMILES string of the molecule is Cc1cccc(CNC(=O)NCCC(O)C(=O)O)c1. The minimum absolute atomic E-state index is 0.0206. The third-order valence-corrected chi connectivity index (χ3v) is 2.52. The van der Waals surface area contributed by atoms with Crippen molar-refractivity contribution >= 4 is 12.0 Å². The van der Waals surface area contributed by atoms with Crippen molar-refractivity contribution in [3.8, 4) is 0 Å². The van der Waals surface area contributed by atoms with Crippen LogP contribution in [0.25, 0.3) is 0 Å². The van der Waals surface area contributed by atoms with E-state index in [1.165, 1.54) is 0 Å². The topological polar surface area (TPSA) is 98.7 Å². The summed E-state index contributed by atoms with van der Waals surface area (Å²) in [6, 6.07) is 7.36. The number of benzene rings is 1. The van der Waals surface area contributed by atoms with Crippen molar-refractivity contribution in [1.29, 1.82) is 0 Å². The number of hydrogen-bond acceptors (Lipinski definition) is 3. The molecule has 0 heterocycles. The molecule has 0 aliphatic rings. The van der Waals surface area contributed by atoms with E-state index in [0.717, 1.165) is 11.1 Å². The van der Waals surface area contributed by atoms with Crippen LogP contribution in [0, 0.1) is 6.92 Å². The predicted molar refractivity (Wildman–Crippen MR) is 69.7 cm³/mol. The lowest BCUT2D eigenvalue weighted by atomic mass is 10.1. The van der Waals surface area contributed by atoms with E-state index >= 15 is 0 Å². The smallest absolute Gasteiger partial charge is 0.332 e. The number of carbonyl (C=O) groups excluding carboxylic acids is 1. The highest BCUT2D eigenvalue weighted by Gasteiger charge is 2.12. The number of aliphatic carboxylic acids is 1. The zero-order valence-electron chi connectivity index (χ0n) is 10.7. The first-order chi connectivity index (χ1) is 8.99. The fourth-order valence-electron chi connectivity index (χ4n) is 1.51. The molecule has 2 amide bonds. The molecule has 0 spiro atoms. The number of carbonyl (C=O) groups is 2. The van der Waals surface area contributed by atoms with E-state index in [2.05, 4.69) is 10.6 Å². The van der Waals surface area contributed by atoms with Crippen molar-refractivity contribution in [2.75, 3.05) is 6.54 Å². The van der Waals surface area contributed by atoms with E-state index in [0.29, 0.717) is 6.54 Å². The second-order valence-electron chi connectivity index (χ2n) is 4.24. The first-order valence-corrected chi connectivity index (χ1v) is 5.97. The summed E-state index contributed by atoms with van der Waals surface area (Å²) < 4.78 is 0. The zero-order valence-corrected chi connectivity index (χ0v) is 10.7. The monoisotopic (exact) mass is 266 g/mol. The van der Waals surface area contributed by atoms with Crippen molar-refractivity contribution in [1.82, 2.24) is 10.6 Å². The lowest BCUT2D eigenvalue weighted by Gasteiger charge is -2.09. The van der Waals surface area contributed by atoms with Crippen LogP contribution in [-0.2, 0) is 11.3 Å². The van der Waals surface area contributed by atoms with Gasteiger partial charge in [-0.3, -0.25) is 0 Å². The van der Waals surface area contributed by atoms with Gasteiger partial charge in [0.2, 0.25) is 0 Å². The highest BCUT2D eigenvalue weighted by molar-refractivity contribution is 5.74. The average molecular weight is 266 g/mol. The molecule has 1 unspecified atom stereocenters. The van der Waals surface area contributed by atoms with E-state index in [1.54, 1.807) is 0 Å². The molecular weight excluding hydrogens is 248 g/mol. The van der Waals surface area contributed by atoms with Crippen molar-refractivity contribution in [3.05, 3.63) is 35.4 Å². The van der Waals surface area contributed by atoms with Gasteiger partial charge in [0, 0.05) is 19.5 Å². The minimum atomic E-state index is -1.45. The molecular formula is C13H18N2O4. The third kappa shape index (κ3) is 5.87. The Bertz CT molecular complexity index is 448. The Labute approximate surface area is 111 Å². The molecule has 6 nitrogen and oxygen atoms in total. The summed E-state index contributed by atoms with van der Waals surface area (Å²) in [4.78, 5) is 21.7. The fraction of sp³-hybridized carbons (Fsp3) is 0.385. The molecule has 0 fully saturated rings. The number of hydrogen-bond donors (Lipinski definition) is 4. The van der Waals surface area contributed by atoms with Crippen LogP contribution in [0.2, 0.25) is 0 Å². The number of nitrogens with one attached hydrogen (secondary N) is 2. The number of rotatable bonds is 6. The Balaban J connectivity index is 2.23. The van der Waals surface area contributed by atoms with Crippen LogP contribution in [0.5, 0.6) is 0 Å². The number of amides is 2. The maximum absolute atomic E-state index is 11.4. The summed E-state index contributed by atoms with van der Waals surface area (Å²) in [6.07, 6.45) is -1.47. The average Bonchev–Trinajstić information content (AvgIpc) is 2.36. The number of aliphatic hydroxyl groups excluding tert-OH is 1. The van der Waals surface area contributed by atoms with Crippen LogP contribution in [0.15, 0.2) is 24.3 Å². The van der Waals surface area contributed by atoms with Gasteiger partial charge in [-0.15, -0.1) is 0 Å². The van der Waals surface area contributed by atoms with Crippen LogP contribution in [-0.4, -0.2) is 34.9 Å². The molecule has 1 atom stereocenters. The van der Waals surface area contributed by atoms with Gasteiger partial charge in [0.25, 0.3) is 0 Å². The second-order valence-corrected chi connectivity index (χ2v) is 4.24. The molecule has 4 N–H and O–H groups in total. The summed E-state index contributed by atoms with van der Waals surface area (Å²) >= 11 is 0. The van der Waals surface area contributed by atoms with E-state index < -0.39 is 12.1 Å². The van der Waals surface area contributed by atoms with Gasteiger partial charge in [0.15, 0.2) is 6.10 Å². The van der Waals surface area contributed by atoms with Crippen LogP contribution in [0.1, 0.15) is 17.5 Å². The third-order valence-electron chi connectivity index (χ3n) is 2.52. The van der Waals surface area contributed by atoms with Gasteiger partial charge in [-0.2, -0.15) is 0 Å². The molecule has 0 aromatic heterocycles. The Hall–Kier alpha value is -2.08. The molecule has 0 radical (unpaired) electrons. The van der Waals surface area contributed by atoms with Crippen molar-refractivity contribution < 1.29 is 19.8 Å². The van der Waals surface area contributed by atoms with E-state index in [-0.39, 0.29) is 19.0 Å². The van der Waals surface area contributed by atoms with Crippen LogP contribution < -0.4 is 10.6 Å². The minimum Gasteiger partial charge on any atom is -0.479 e. The Morgan fingerprint density at radius 2 is 2.05 bits per heavy atom. The Morgan fingerprint density at radius 1 is 1.32 bits per heavy atom. The van der Waals surface area contributed by atoms with Gasteiger partial charge in [0.1, 0.15) is 0 Å². The van der Waals surface area contributed by atoms with Gasteiger partial charge in [-0.05, 0) is 12.5 Å². The van der Waals surface area contributed by atoms with E-state index in [4.69, 9.17) is 10.2 Å². The van der Waals surface area contributed by atoms with E-state index in [9.17, 15) is 9.59 Å². The lowest BCUT2D eigenvalue weighted by Crippen LogP contribution is -2.37. The first kappa shape index (κ1) is 15.0. The van der Waals surface area contributed by atoms with Gasteiger partial charge in [0.05, 0.1) is 0 Å². The first-order valence-electron chi connectivity index (χ1n) is 5.97. The van der Waals surface area contributed by atoms with Crippen LogP contribution >= 0.6 is 0 Å². The lowest BCUT2D eigenvalue weighted by molar-refractivity contribution is -0.146. The zero-order chi connectivity index (χ0) is 14.3. The van der Waals surface area contributed by atoms with Crippen molar-refractivity contribution in [3.63, 3.8) is 0 Å². The molecule has 104 valence electrons. The molecule has 0 aliphatic carbocycles. The molecule has 1 rings (SSSR count). The molecule has 0 aliphatic heterocycles. The largest absolute Gasteiger partial charge is 0.479 e. The maximum Gasteiger partial charge on any atom is 0.332 e. The highest BCUT2D eigenvalue weighted by Crippen LogP contribution is 2.02. The summed E-state index contributed by atoms with van der Waals surface area (Å²) in [6.45, 7) is 2.47. The number of carboxylic acids is 1. The summed E-state index contributed by atoms with van der Waals surface area (Å²) in [7, 11) is 0. The van der Waals surface area contributed by atoms with Crippen LogP contribution in [0.4, 0.5) is 4.79 Å². The second kappa shape index (κ2) is 7.38. The van der Waals surface area contributed by atoms with Gasteiger partial charge in [-0.25, -0.2) is 9.59 Å². The highest BCUT2D eigenvalue weighted by atomic mass is 16.4. The Kier molecular flexibility index (Phi) is 5.81. The Morgan fingerprint density at radius 3 is 2.68 bits per heavy atom. The summed E-state index contributed by atoms with van der Waals surface area (Å²) in [5.74, 6) is -1.29.